The van der Waals surface area contributed by atoms with E-state index < -0.39 is 0 Å². The fourth-order valence-corrected chi connectivity index (χ4v) is 2.18. The van der Waals surface area contributed by atoms with Gasteiger partial charge >= 0.3 is 0 Å². The normalized spacial score (nSPS) is 17.8. The zero-order chi connectivity index (χ0) is 11.5. The Morgan fingerprint density at radius 1 is 1.50 bits per heavy atom. The van der Waals surface area contributed by atoms with E-state index in [4.69, 9.17) is 10.8 Å². The van der Waals surface area contributed by atoms with E-state index in [1.54, 1.807) is 0 Å². The van der Waals surface area contributed by atoms with Gasteiger partial charge in [-0.3, -0.25) is 0 Å². The summed E-state index contributed by atoms with van der Waals surface area (Å²) in [7, 11) is 0. The van der Waals surface area contributed by atoms with Crippen molar-refractivity contribution in [1.82, 2.24) is 4.98 Å². The highest BCUT2D eigenvalue weighted by Crippen LogP contribution is 2.26. The Kier molecular flexibility index (Phi) is 3.29. The SMILES string of the molecule is Cc1cnc(N2CCC(CO)CC2)c(N)c1. The van der Waals surface area contributed by atoms with E-state index in [0.717, 1.165) is 43.0 Å². The van der Waals surface area contributed by atoms with E-state index in [-0.39, 0.29) is 0 Å². The molecule has 0 aliphatic carbocycles. The Morgan fingerprint density at radius 2 is 2.19 bits per heavy atom. The molecule has 1 aromatic rings. The van der Waals surface area contributed by atoms with Gasteiger partial charge in [0.1, 0.15) is 0 Å². The Morgan fingerprint density at radius 3 is 2.75 bits per heavy atom. The van der Waals surface area contributed by atoms with Crippen molar-refractivity contribution >= 4 is 11.5 Å². The van der Waals surface area contributed by atoms with Crippen LogP contribution in [-0.2, 0) is 0 Å². The number of rotatable bonds is 2. The second-order valence-corrected chi connectivity index (χ2v) is 4.54. The van der Waals surface area contributed by atoms with E-state index in [0.29, 0.717) is 12.5 Å². The molecule has 16 heavy (non-hydrogen) atoms. The molecule has 4 nitrogen and oxygen atoms in total. The lowest BCUT2D eigenvalue weighted by molar-refractivity contribution is 0.203. The van der Waals surface area contributed by atoms with Crippen molar-refractivity contribution in [2.24, 2.45) is 5.92 Å². The Balaban J connectivity index is 2.08. The molecule has 1 aliphatic rings. The van der Waals surface area contributed by atoms with Gasteiger partial charge in [-0.25, -0.2) is 4.98 Å². The Hall–Kier alpha value is -1.29. The molecule has 0 aromatic carbocycles. The summed E-state index contributed by atoms with van der Waals surface area (Å²) in [6, 6.07) is 1.96. The zero-order valence-electron chi connectivity index (χ0n) is 9.69. The quantitative estimate of drug-likeness (QED) is 0.787. The lowest BCUT2D eigenvalue weighted by atomic mass is 9.98. The third-order valence-corrected chi connectivity index (χ3v) is 3.20. The van der Waals surface area contributed by atoms with E-state index in [9.17, 15) is 0 Å². The van der Waals surface area contributed by atoms with Crippen LogP contribution in [0.1, 0.15) is 18.4 Å². The average molecular weight is 221 g/mol. The Labute approximate surface area is 96.1 Å². The molecule has 2 rings (SSSR count). The number of aromatic nitrogens is 1. The highest BCUT2D eigenvalue weighted by molar-refractivity contribution is 5.63. The monoisotopic (exact) mass is 221 g/mol. The van der Waals surface area contributed by atoms with Gasteiger partial charge in [0, 0.05) is 25.9 Å². The van der Waals surface area contributed by atoms with E-state index in [1.165, 1.54) is 0 Å². The molecule has 1 saturated heterocycles. The number of nitrogens with zero attached hydrogens (tertiary/aromatic N) is 2. The van der Waals surface area contributed by atoms with Crippen molar-refractivity contribution in [3.8, 4) is 0 Å². The predicted octanol–water partition coefficient (Wildman–Crippen LogP) is 1.18. The number of pyridine rings is 1. The lowest BCUT2D eigenvalue weighted by Crippen LogP contribution is -2.35. The molecule has 0 atom stereocenters. The molecule has 88 valence electrons. The minimum absolute atomic E-state index is 0.296. The maximum Gasteiger partial charge on any atom is 0.151 e. The molecule has 4 heteroatoms. The number of piperidine rings is 1. The van der Waals surface area contributed by atoms with Crippen LogP contribution >= 0.6 is 0 Å². The van der Waals surface area contributed by atoms with Gasteiger partial charge in [-0.05, 0) is 37.3 Å². The number of aliphatic hydroxyl groups is 1. The first-order valence-corrected chi connectivity index (χ1v) is 5.78. The van der Waals surface area contributed by atoms with Crippen LogP contribution in [0.2, 0.25) is 0 Å². The van der Waals surface area contributed by atoms with E-state index in [2.05, 4.69) is 9.88 Å². The molecule has 0 amide bonds. The number of anilines is 2. The number of aryl methyl sites for hydroxylation is 1. The van der Waals surface area contributed by atoms with Crippen LogP contribution < -0.4 is 10.6 Å². The first kappa shape index (κ1) is 11.2. The van der Waals surface area contributed by atoms with Gasteiger partial charge in [0.2, 0.25) is 0 Å². The number of nitrogens with two attached hydrogens (primary N) is 1. The molecule has 1 fully saturated rings. The van der Waals surface area contributed by atoms with Crippen LogP contribution in [0.25, 0.3) is 0 Å². The third-order valence-electron chi connectivity index (χ3n) is 3.20. The fourth-order valence-electron chi connectivity index (χ4n) is 2.18. The van der Waals surface area contributed by atoms with Gasteiger partial charge in [-0.2, -0.15) is 0 Å². The molecule has 0 radical (unpaired) electrons. The summed E-state index contributed by atoms with van der Waals surface area (Å²) in [5, 5.41) is 9.08. The summed E-state index contributed by atoms with van der Waals surface area (Å²) in [6.07, 6.45) is 3.89. The molecule has 0 bridgehead atoms. The zero-order valence-corrected chi connectivity index (χ0v) is 9.69. The molecule has 0 spiro atoms. The van der Waals surface area contributed by atoms with Gasteiger partial charge in [0.15, 0.2) is 5.82 Å². The minimum atomic E-state index is 0.296. The van der Waals surface area contributed by atoms with Gasteiger partial charge in [0.05, 0.1) is 5.69 Å². The van der Waals surface area contributed by atoms with Crippen LogP contribution in [0.4, 0.5) is 11.5 Å². The second-order valence-electron chi connectivity index (χ2n) is 4.54. The smallest absolute Gasteiger partial charge is 0.151 e. The van der Waals surface area contributed by atoms with Crippen LogP contribution in [-0.4, -0.2) is 29.8 Å². The van der Waals surface area contributed by atoms with Gasteiger partial charge in [-0.15, -0.1) is 0 Å². The summed E-state index contributed by atoms with van der Waals surface area (Å²) in [6.45, 7) is 4.16. The van der Waals surface area contributed by atoms with Gasteiger partial charge in [0.25, 0.3) is 0 Å². The topological polar surface area (TPSA) is 62.4 Å². The molecular weight excluding hydrogens is 202 g/mol. The van der Waals surface area contributed by atoms with E-state index >= 15 is 0 Å². The highest BCUT2D eigenvalue weighted by Gasteiger charge is 2.20. The molecule has 2 heterocycles. The molecule has 0 unspecified atom stereocenters. The first-order valence-electron chi connectivity index (χ1n) is 5.78. The summed E-state index contributed by atoms with van der Waals surface area (Å²) in [5.41, 5.74) is 7.81. The van der Waals surface area contributed by atoms with Crippen LogP contribution in [0, 0.1) is 12.8 Å². The van der Waals surface area contributed by atoms with Crippen molar-refractivity contribution in [2.75, 3.05) is 30.3 Å². The maximum atomic E-state index is 9.08. The predicted molar refractivity (Wildman–Crippen MR) is 65.4 cm³/mol. The van der Waals surface area contributed by atoms with Crippen molar-refractivity contribution in [1.29, 1.82) is 0 Å². The average Bonchev–Trinajstić information content (AvgIpc) is 2.29. The molecule has 0 saturated carbocycles. The van der Waals surface area contributed by atoms with Crippen LogP contribution in [0.3, 0.4) is 0 Å². The second kappa shape index (κ2) is 4.70. The molecule has 3 N–H and O–H groups in total. The lowest BCUT2D eigenvalue weighted by Gasteiger charge is -2.32. The minimum Gasteiger partial charge on any atom is -0.396 e. The standard InChI is InChI=1S/C12H19N3O/c1-9-6-11(13)12(14-7-9)15-4-2-10(8-16)3-5-15/h6-7,10,16H,2-5,8,13H2,1H3. The van der Waals surface area contributed by atoms with Crippen molar-refractivity contribution in [3.63, 3.8) is 0 Å². The molecule has 1 aromatic heterocycles. The van der Waals surface area contributed by atoms with Crippen molar-refractivity contribution < 1.29 is 5.11 Å². The Bertz CT molecular complexity index is 359. The fraction of sp³-hybridized carbons (Fsp3) is 0.583. The number of aliphatic hydroxyl groups excluding tert-OH is 1. The number of hydrogen-bond acceptors (Lipinski definition) is 4. The van der Waals surface area contributed by atoms with Crippen LogP contribution in [0.5, 0.6) is 0 Å². The number of nitrogen functional groups attached to an aromatic ring is 1. The summed E-state index contributed by atoms with van der Waals surface area (Å²) >= 11 is 0. The van der Waals surface area contributed by atoms with Crippen LogP contribution in [0.15, 0.2) is 12.3 Å². The maximum absolute atomic E-state index is 9.08. The third kappa shape index (κ3) is 2.27. The van der Waals surface area contributed by atoms with Crippen molar-refractivity contribution in [2.45, 2.75) is 19.8 Å². The first-order chi connectivity index (χ1) is 7.70. The van der Waals surface area contributed by atoms with Gasteiger partial charge < -0.3 is 15.7 Å². The number of hydrogen-bond donors (Lipinski definition) is 2. The highest BCUT2D eigenvalue weighted by atomic mass is 16.3. The molecule has 1 aliphatic heterocycles. The summed E-state index contributed by atoms with van der Waals surface area (Å²) in [5.74, 6) is 1.34. The summed E-state index contributed by atoms with van der Waals surface area (Å²) < 4.78 is 0. The largest absolute Gasteiger partial charge is 0.396 e. The van der Waals surface area contributed by atoms with Gasteiger partial charge in [-0.1, -0.05) is 0 Å². The molecular formula is C12H19N3O. The van der Waals surface area contributed by atoms with E-state index in [1.807, 2.05) is 19.2 Å². The summed E-state index contributed by atoms with van der Waals surface area (Å²) in [4.78, 5) is 6.60. The van der Waals surface area contributed by atoms with Crippen molar-refractivity contribution in [3.05, 3.63) is 17.8 Å².